The van der Waals surface area contributed by atoms with Gasteiger partial charge in [-0.1, -0.05) is 6.07 Å². The minimum absolute atomic E-state index is 0.354. The molecule has 0 saturated carbocycles. The minimum atomic E-state index is -4.37. The van der Waals surface area contributed by atoms with Crippen molar-refractivity contribution in [2.45, 2.75) is 30.3 Å². The summed E-state index contributed by atoms with van der Waals surface area (Å²) >= 11 is 1.62. The maximum atomic E-state index is 12.8. The highest BCUT2D eigenvalue weighted by atomic mass is 32.2. The summed E-state index contributed by atoms with van der Waals surface area (Å²) in [4.78, 5) is 19.5. The lowest BCUT2D eigenvalue weighted by atomic mass is 10.1. The molecule has 2 aromatic heterocycles. The van der Waals surface area contributed by atoms with Gasteiger partial charge in [0.1, 0.15) is 11.4 Å². The van der Waals surface area contributed by atoms with Gasteiger partial charge >= 0.3 is 6.18 Å². The first-order chi connectivity index (χ1) is 14.0. The minimum Gasteiger partial charge on any atom is -0.492 e. The smallest absolute Gasteiger partial charge is 0.416 e. The van der Waals surface area contributed by atoms with E-state index in [0.29, 0.717) is 29.9 Å². The Morgan fingerprint density at radius 3 is 2.62 bits per heavy atom. The Labute approximate surface area is 170 Å². The van der Waals surface area contributed by atoms with Crippen molar-refractivity contribution in [1.29, 1.82) is 0 Å². The molecule has 0 bridgehead atoms. The van der Waals surface area contributed by atoms with Crippen molar-refractivity contribution in [3.05, 3.63) is 60.0 Å². The lowest BCUT2D eigenvalue weighted by Crippen LogP contribution is -2.04. The molecule has 8 heteroatoms. The Hall–Kier alpha value is -2.61. The van der Waals surface area contributed by atoms with E-state index in [2.05, 4.69) is 9.97 Å². The van der Waals surface area contributed by atoms with E-state index in [9.17, 15) is 18.0 Å². The molecule has 152 valence electrons. The molecule has 3 rings (SSSR count). The lowest BCUT2D eigenvalue weighted by molar-refractivity contribution is -0.137. The molecule has 0 radical (unpaired) electrons. The van der Waals surface area contributed by atoms with Crippen LogP contribution in [0.25, 0.3) is 10.9 Å². The second-order valence-electron chi connectivity index (χ2n) is 6.33. The van der Waals surface area contributed by atoms with Crippen molar-refractivity contribution in [3.63, 3.8) is 0 Å². The molecule has 0 aliphatic heterocycles. The molecule has 0 saturated heterocycles. The molecule has 0 N–H and O–H groups in total. The van der Waals surface area contributed by atoms with E-state index in [1.54, 1.807) is 30.1 Å². The van der Waals surface area contributed by atoms with Crippen LogP contribution in [0.4, 0.5) is 13.2 Å². The number of fused-ring (bicyclic) bond motifs is 1. The zero-order valence-corrected chi connectivity index (χ0v) is 16.3. The Morgan fingerprint density at radius 2 is 1.90 bits per heavy atom. The van der Waals surface area contributed by atoms with Crippen LogP contribution in [0.5, 0.6) is 5.75 Å². The Bertz CT molecular complexity index is 962. The molecule has 0 aliphatic rings. The topological polar surface area (TPSA) is 52.1 Å². The summed E-state index contributed by atoms with van der Waals surface area (Å²) in [5, 5.41) is 0.736. The van der Waals surface area contributed by atoms with E-state index in [4.69, 9.17) is 4.74 Å². The maximum absolute atomic E-state index is 12.8. The zero-order valence-electron chi connectivity index (χ0n) is 15.5. The number of aldehydes is 1. The number of halogens is 3. The number of benzene rings is 1. The van der Waals surface area contributed by atoms with Gasteiger partial charge in [0, 0.05) is 16.5 Å². The van der Waals surface area contributed by atoms with Crippen LogP contribution in [0.2, 0.25) is 0 Å². The van der Waals surface area contributed by atoms with Gasteiger partial charge in [-0.3, -0.25) is 9.78 Å². The predicted octanol–water partition coefficient (Wildman–Crippen LogP) is 5.80. The molecule has 0 aliphatic carbocycles. The summed E-state index contributed by atoms with van der Waals surface area (Å²) in [6.45, 7) is 0.561. The van der Waals surface area contributed by atoms with E-state index < -0.39 is 11.7 Å². The fourth-order valence-electron chi connectivity index (χ4n) is 2.72. The molecule has 0 atom stereocenters. The average molecular weight is 420 g/mol. The highest BCUT2D eigenvalue weighted by Gasteiger charge is 2.30. The van der Waals surface area contributed by atoms with E-state index >= 15 is 0 Å². The fraction of sp³-hybridized carbons (Fsp3) is 0.286. The summed E-state index contributed by atoms with van der Waals surface area (Å²) in [6.07, 6.45) is 2.19. The van der Waals surface area contributed by atoms with Crippen molar-refractivity contribution in [2.75, 3.05) is 12.4 Å². The molecule has 4 nitrogen and oxygen atoms in total. The maximum Gasteiger partial charge on any atom is 0.416 e. The molecule has 0 fully saturated rings. The number of rotatable bonds is 9. The number of nitrogens with zero attached hydrogens (tertiary/aromatic N) is 2. The number of pyridine rings is 2. The average Bonchev–Trinajstić information content (AvgIpc) is 2.72. The van der Waals surface area contributed by atoms with Gasteiger partial charge in [0.05, 0.1) is 23.9 Å². The molecule has 29 heavy (non-hydrogen) atoms. The summed E-state index contributed by atoms with van der Waals surface area (Å²) in [5.74, 6) is 1.49. The molecular weight excluding hydrogens is 401 g/mol. The first-order valence-electron chi connectivity index (χ1n) is 9.10. The van der Waals surface area contributed by atoms with Crippen LogP contribution in [0.1, 0.15) is 35.3 Å². The van der Waals surface area contributed by atoms with Crippen LogP contribution in [-0.2, 0) is 6.18 Å². The summed E-state index contributed by atoms with van der Waals surface area (Å²) in [5.41, 5.74) is 0.0377. The van der Waals surface area contributed by atoms with Gasteiger partial charge < -0.3 is 4.74 Å². The van der Waals surface area contributed by atoms with Gasteiger partial charge in [0.2, 0.25) is 0 Å². The standard InChI is InChI=1S/C21H19F3N2O2S/c22-21(23,24)15-4-7-18-19(12-15)25-9-8-20(18)29-11-3-1-2-10-28-17-6-5-16(14-27)26-13-17/h4-9,12-14H,1-3,10-11H2. The van der Waals surface area contributed by atoms with Crippen LogP contribution < -0.4 is 4.74 Å². The summed E-state index contributed by atoms with van der Waals surface area (Å²) < 4.78 is 44.1. The van der Waals surface area contributed by atoms with Crippen molar-refractivity contribution < 1.29 is 22.7 Å². The fourth-order valence-corrected chi connectivity index (χ4v) is 3.78. The van der Waals surface area contributed by atoms with Crippen LogP contribution in [0.3, 0.4) is 0 Å². The van der Waals surface area contributed by atoms with E-state index in [1.165, 1.54) is 12.3 Å². The third kappa shape index (κ3) is 5.93. The number of alkyl halides is 3. The second kappa shape index (κ2) is 9.73. The largest absolute Gasteiger partial charge is 0.492 e. The third-order valence-electron chi connectivity index (χ3n) is 4.22. The van der Waals surface area contributed by atoms with Crippen molar-refractivity contribution in [3.8, 4) is 5.75 Å². The summed E-state index contributed by atoms with van der Waals surface area (Å²) in [6, 6.07) is 8.83. The van der Waals surface area contributed by atoms with Crippen molar-refractivity contribution in [2.24, 2.45) is 0 Å². The number of aromatic nitrogens is 2. The van der Waals surface area contributed by atoms with Gasteiger partial charge in [-0.15, -0.1) is 11.8 Å². The Morgan fingerprint density at radius 1 is 1.03 bits per heavy atom. The van der Waals surface area contributed by atoms with Crippen LogP contribution >= 0.6 is 11.8 Å². The molecule has 2 heterocycles. The van der Waals surface area contributed by atoms with Crippen LogP contribution in [0.15, 0.2) is 53.7 Å². The Kier molecular flexibility index (Phi) is 7.09. The Balaban J connectivity index is 1.43. The summed E-state index contributed by atoms with van der Waals surface area (Å²) in [7, 11) is 0. The van der Waals surface area contributed by atoms with Crippen LogP contribution in [-0.4, -0.2) is 28.6 Å². The van der Waals surface area contributed by atoms with Gasteiger partial charge in [0.15, 0.2) is 6.29 Å². The van der Waals surface area contributed by atoms with Gasteiger partial charge in [0.25, 0.3) is 0 Å². The number of hydrogen-bond acceptors (Lipinski definition) is 5. The zero-order chi connectivity index (χ0) is 20.7. The SMILES string of the molecule is O=Cc1ccc(OCCCCCSc2ccnc3cc(C(F)(F)F)ccc23)cn1. The number of carbonyl (C=O) groups excluding carboxylic acids is 1. The number of carbonyl (C=O) groups is 1. The molecular formula is C21H19F3N2O2S. The van der Waals surface area contributed by atoms with E-state index in [0.717, 1.165) is 47.4 Å². The van der Waals surface area contributed by atoms with E-state index in [1.807, 2.05) is 6.07 Å². The molecule has 3 aromatic rings. The number of thioether (sulfide) groups is 1. The number of ether oxygens (including phenoxy) is 1. The molecule has 0 unspecified atom stereocenters. The number of hydrogen-bond donors (Lipinski definition) is 0. The molecule has 1 aromatic carbocycles. The normalized spacial score (nSPS) is 11.6. The van der Waals surface area contributed by atoms with Gasteiger partial charge in [-0.05, 0) is 55.3 Å². The van der Waals surface area contributed by atoms with Crippen LogP contribution in [0, 0.1) is 0 Å². The van der Waals surface area contributed by atoms with Crippen molar-refractivity contribution in [1.82, 2.24) is 9.97 Å². The molecule has 0 spiro atoms. The predicted molar refractivity (Wildman–Crippen MR) is 106 cm³/mol. The lowest BCUT2D eigenvalue weighted by Gasteiger charge is -2.10. The second-order valence-corrected chi connectivity index (χ2v) is 7.47. The monoisotopic (exact) mass is 420 g/mol. The number of unbranched alkanes of at least 4 members (excludes halogenated alkanes) is 2. The third-order valence-corrected chi connectivity index (χ3v) is 5.38. The van der Waals surface area contributed by atoms with E-state index in [-0.39, 0.29) is 0 Å². The quantitative estimate of drug-likeness (QED) is 0.249. The van der Waals surface area contributed by atoms with Crippen molar-refractivity contribution >= 4 is 29.0 Å². The molecule has 0 amide bonds. The highest BCUT2D eigenvalue weighted by Crippen LogP contribution is 2.33. The van der Waals surface area contributed by atoms with Gasteiger partial charge in [-0.2, -0.15) is 13.2 Å². The first-order valence-corrected chi connectivity index (χ1v) is 10.1. The first kappa shape index (κ1) is 21.1. The van der Waals surface area contributed by atoms with Gasteiger partial charge in [-0.25, -0.2) is 4.98 Å². The highest BCUT2D eigenvalue weighted by molar-refractivity contribution is 7.99.